The fraction of sp³-hybridized carbons (Fsp3) is 0.900. The van der Waals surface area contributed by atoms with Gasteiger partial charge in [0.15, 0.2) is 0 Å². The predicted octanol–water partition coefficient (Wildman–Crippen LogP) is 1.72. The van der Waals surface area contributed by atoms with E-state index in [2.05, 4.69) is 16.7 Å². The van der Waals surface area contributed by atoms with Crippen LogP contribution in [-0.4, -0.2) is 78.9 Å². The molecular formula is C20H37ClN4O2. The molecular weight excluding hydrogens is 364 g/mol. The molecule has 3 heterocycles. The van der Waals surface area contributed by atoms with Crippen LogP contribution in [0.1, 0.15) is 51.9 Å². The second-order valence-corrected chi connectivity index (χ2v) is 8.87. The summed E-state index contributed by atoms with van der Waals surface area (Å²) in [6.07, 6.45) is 7.49. The summed E-state index contributed by atoms with van der Waals surface area (Å²) >= 11 is 0. The monoisotopic (exact) mass is 400 g/mol. The molecule has 6 nitrogen and oxygen atoms in total. The van der Waals surface area contributed by atoms with Crippen LogP contribution in [0.25, 0.3) is 0 Å². The van der Waals surface area contributed by atoms with Gasteiger partial charge in [-0.1, -0.05) is 19.8 Å². The molecule has 0 spiro atoms. The molecule has 1 unspecified atom stereocenters. The first-order valence-electron chi connectivity index (χ1n) is 10.5. The van der Waals surface area contributed by atoms with E-state index in [1.807, 2.05) is 4.90 Å². The smallest absolute Gasteiger partial charge is 0.236 e. The van der Waals surface area contributed by atoms with Crippen LogP contribution in [0.2, 0.25) is 0 Å². The van der Waals surface area contributed by atoms with Gasteiger partial charge in [0.25, 0.3) is 0 Å². The number of hydrogen-bond donors (Lipinski definition) is 1. The molecule has 2 amide bonds. The Bertz CT molecular complexity index is 502. The van der Waals surface area contributed by atoms with Crippen LogP contribution in [0.3, 0.4) is 0 Å². The lowest BCUT2D eigenvalue weighted by Gasteiger charge is -2.35. The first-order chi connectivity index (χ1) is 12.5. The van der Waals surface area contributed by atoms with E-state index < -0.39 is 0 Å². The minimum atomic E-state index is 0. The van der Waals surface area contributed by atoms with E-state index in [0.717, 1.165) is 71.4 Å². The molecule has 0 radical (unpaired) electrons. The average molecular weight is 401 g/mol. The van der Waals surface area contributed by atoms with Crippen molar-refractivity contribution in [2.45, 2.75) is 51.9 Å². The highest BCUT2D eigenvalue weighted by Gasteiger charge is 2.35. The zero-order valence-electron chi connectivity index (χ0n) is 16.8. The highest BCUT2D eigenvalue weighted by Crippen LogP contribution is 2.28. The summed E-state index contributed by atoms with van der Waals surface area (Å²) in [6, 6.07) is 0. The van der Waals surface area contributed by atoms with E-state index in [1.165, 1.54) is 12.8 Å². The summed E-state index contributed by atoms with van der Waals surface area (Å²) in [4.78, 5) is 31.7. The van der Waals surface area contributed by atoms with Crippen LogP contribution >= 0.6 is 12.4 Å². The Morgan fingerprint density at radius 2 is 1.59 bits per heavy atom. The van der Waals surface area contributed by atoms with Crippen LogP contribution in [0, 0.1) is 11.3 Å². The minimum absolute atomic E-state index is 0. The normalized spacial score (nSPS) is 27.9. The van der Waals surface area contributed by atoms with Gasteiger partial charge in [-0.15, -0.1) is 12.4 Å². The Labute approximate surface area is 170 Å². The van der Waals surface area contributed by atoms with Crippen molar-refractivity contribution in [2.75, 3.05) is 52.4 Å². The van der Waals surface area contributed by atoms with Crippen LogP contribution < -0.4 is 5.73 Å². The molecule has 3 rings (SSSR count). The topological polar surface area (TPSA) is 69.9 Å². The Balaban J connectivity index is 0.00000261. The van der Waals surface area contributed by atoms with Gasteiger partial charge in [-0.05, 0) is 50.6 Å². The number of likely N-dealkylation sites (tertiary alicyclic amines) is 3. The van der Waals surface area contributed by atoms with Gasteiger partial charge in [0, 0.05) is 38.6 Å². The Hall–Kier alpha value is -0.850. The van der Waals surface area contributed by atoms with Crippen molar-refractivity contribution in [3.63, 3.8) is 0 Å². The lowest BCUT2D eigenvalue weighted by molar-refractivity contribution is -0.141. The number of piperidine rings is 1. The fourth-order valence-corrected chi connectivity index (χ4v) is 4.64. The summed E-state index contributed by atoms with van der Waals surface area (Å²) in [5.74, 6) is 0.661. The van der Waals surface area contributed by atoms with Crippen LogP contribution in [0.5, 0.6) is 0 Å². The maximum atomic E-state index is 12.8. The van der Waals surface area contributed by atoms with Gasteiger partial charge in [-0.3, -0.25) is 14.5 Å². The molecule has 7 heteroatoms. The van der Waals surface area contributed by atoms with Crippen molar-refractivity contribution in [3.8, 4) is 0 Å². The van der Waals surface area contributed by atoms with Gasteiger partial charge in [-0.25, -0.2) is 0 Å². The molecule has 27 heavy (non-hydrogen) atoms. The van der Waals surface area contributed by atoms with Gasteiger partial charge in [0.05, 0.1) is 6.54 Å². The first kappa shape index (κ1) is 22.4. The zero-order chi connectivity index (χ0) is 18.6. The molecule has 2 N–H and O–H groups in total. The second-order valence-electron chi connectivity index (χ2n) is 8.87. The number of carbonyl (C=O) groups is 2. The van der Waals surface area contributed by atoms with Crippen molar-refractivity contribution in [1.82, 2.24) is 14.7 Å². The number of nitrogens with two attached hydrogens (primary N) is 1. The maximum absolute atomic E-state index is 12.8. The molecule has 3 aliphatic rings. The van der Waals surface area contributed by atoms with E-state index in [4.69, 9.17) is 5.73 Å². The second kappa shape index (κ2) is 10.1. The van der Waals surface area contributed by atoms with Gasteiger partial charge < -0.3 is 15.5 Å². The van der Waals surface area contributed by atoms with Gasteiger partial charge in [-0.2, -0.15) is 0 Å². The van der Waals surface area contributed by atoms with E-state index >= 15 is 0 Å². The van der Waals surface area contributed by atoms with Crippen molar-refractivity contribution in [2.24, 2.45) is 17.1 Å². The van der Waals surface area contributed by atoms with Gasteiger partial charge >= 0.3 is 0 Å². The molecule has 3 saturated heterocycles. The summed E-state index contributed by atoms with van der Waals surface area (Å²) in [5, 5.41) is 0. The lowest BCUT2D eigenvalue weighted by atomic mass is 9.90. The number of carbonyl (C=O) groups excluding carboxylic acids is 2. The molecule has 0 aromatic rings. The minimum Gasteiger partial charge on any atom is -0.342 e. The Morgan fingerprint density at radius 3 is 2.15 bits per heavy atom. The molecule has 156 valence electrons. The number of nitrogens with zero attached hydrogens (tertiary/aromatic N) is 3. The van der Waals surface area contributed by atoms with Crippen molar-refractivity contribution < 1.29 is 9.59 Å². The summed E-state index contributed by atoms with van der Waals surface area (Å²) in [5.41, 5.74) is 6.02. The molecule has 0 aromatic carbocycles. The van der Waals surface area contributed by atoms with E-state index in [0.29, 0.717) is 19.0 Å². The predicted molar refractivity (Wildman–Crippen MR) is 110 cm³/mol. The van der Waals surface area contributed by atoms with Crippen LogP contribution in [0.15, 0.2) is 0 Å². The molecule has 0 aromatic heterocycles. The van der Waals surface area contributed by atoms with Crippen LogP contribution in [0.4, 0.5) is 0 Å². The highest BCUT2D eigenvalue weighted by molar-refractivity contribution is 5.85. The summed E-state index contributed by atoms with van der Waals surface area (Å²) in [7, 11) is 0. The quantitative estimate of drug-likeness (QED) is 0.780. The third-order valence-electron chi connectivity index (χ3n) is 6.60. The molecule has 3 aliphatic heterocycles. The van der Waals surface area contributed by atoms with Crippen molar-refractivity contribution >= 4 is 24.2 Å². The summed E-state index contributed by atoms with van der Waals surface area (Å²) in [6.45, 7) is 8.57. The zero-order valence-corrected chi connectivity index (χ0v) is 17.6. The lowest BCUT2D eigenvalue weighted by Crippen LogP contribution is -2.47. The molecule has 3 fully saturated rings. The standard InChI is InChI=1S/C20H36N4O2.ClH/c1-20(15-21)8-13-22(16-20)14-18(25)23-11-6-17(7-12-23)19(26)24-9-4-2-3-5-10-24;/h17H,2-16,21H2,1H3;1H. The molecule has 0 aliphatic carbocycles. The number of amides is 2. The van der Waals surface area contributed by atoms with Crippen LogP contribution in [-0.2, 0) is 9.59 Å². The number of rotatable bonds is 4. The largest absolute Gasteiger partial charge is 0.342 e. The van der Waals surface area contributed by atoms with E-state index in [-0.39, 0.29) is 29.6 Å². The average Bonchev–Trinajstić information content (AvgIpc) is 2.86. The van der Waals surface area contributed by atoms with Gasteiger partial charge in [0.2, 0.25) is 11.8 Å². The molecule has 0 bridgehead atoms. The Morgan fingerprint density at radius 1 is 0.963 bits per heavy atom. The van der Waals surface area contributed by atoms with E-state index in [1.54, 1.807) is 0 Å². The maximum Gasteiger partial charge on any atom is 0.236 e. The molecule has 0 saturated carbocycles. The van der Waals surface area contributed by atoms with Gasteiger partial charge in [0.1, 0.15) is 0 Å². The number of halogens is 1. The molecule has 1 atom stereocenters. The highest BCUT2D eigenvalue weighted by atomic mass is 35.5. The summed E-state index contributed by atoms with van der Waals surface area (Å²) < 4.78 is 0. The SMILES string of the molecule is CC1(CN)CCN(CC(=O)N2CCC(C(=O)N3CCCCCC3)CC2)C1.Cl. The Kier molecular flexibility index (Phi) is 8.38. The fourth-order valence-electron chi connectivity index (χ4n) is 4.64. The van der Waals surface area contributed by atoms with Crippen molar-refractivity contribution in [3.05, 3.63) is 0 Å². The number of hydrogen-bond acceptors (Lipinski definition) is 4. The van der Waals surface area contributed by atoms with Crippen molar-refractivity contribution in [1.29, 1.82) is 0 Å². The third-order valence-corrected chi connectivity index (χ3v) is 6.60. The first-order valence-corrected chi connectivity index (χ1v) is 10.5. The third kappa shape index (κ3) is 5.81. The van der Waals surface area contributed by atoms with E-state index in [9.17, 15) is 9.59 Å².